The Bertz CT molecular complexity index is 954. The summed E-state index contributed by atoms with van der Waals surface area (Å²) in [7, 11) is 0. The molecule has 30 heavy (non-hydrogen) atoms. The first kappa shape index (κ1) is 19.3. The first-order chi connectivity index (χ1) is 14.7. The van der Waals surface area contributed by atoms with Crippen LogP contribution < -0.4 is 4.90 Å². The molecule has 3 heteroatoms. The van der Waals surface area contributed by atoms with E-state index in [9.17, 15) is 4.39 Å². The Morgan fingerprint density at radius 2 is 1.30 bits per heavy atom. The monoisotopic (exact) mass is 400 g/mol. The maximum absolute atomic E-state index is 13.1. The van der Waals surface area contributed by atoms with Gasteiger partial charge in [-0.15, -0.1) is 0 Å². The van der Waals surface area contributed by atoms with Crippen molar-refractivity contribution in [1.29, 1.82) is 0 Å². The van der Waals surface area contributed by atoms with Crippen LogP contribution in [-0.2, 0) is 11.8 Å². The first-order valence-corrected chi connectivity index (χ1v) is 11.1. The van der Waals surface area contributed by atoms with Crippen LogP contribution in [0.5, 0.6) is 0 Å². The standard InChI is InChI=1S/C27H29FN2/c28-25-10-6-22(7-11-25)20-23-8-12-26(13-9-23)30-18-16-29(17-19-30)21-27(14-15-27)24-4-2-1-3-5-24/h1-13H,14-21H2. The Morgan fingerprint density at radius 3 is 1.90 bits per heavy atom. The normalized spacial score (nSPS) is 18.4. The molecule has 0 unspecified atom stereocenters. The zero-order valence-electron chi connectivity index (χ0n) is 17.4. The lowest BCUT2D eigenvalue weighted by atomic mass is 9.95. The van der Waals surface area contributed by atoms with E-state index in [2.05, 4.69) is 64.4 Å². The van der Waals surface area contributed by atoms with Gasteiger partial charge in [-0.05, 0) is 60.2 Å². The molecule has 0 N–H and O–H groups in total. The highest BCUT2D eigenvalue weighted by molar-refractivity contribution is 5.48. The van der Waals surface area contributed by atoms with Crippen molar-refractivity contribution in [2.24, 2.45) is 0 Å². The molecule has 0 spiro atoms. The lowest BCUT2D eigenvalue weighted by Crippen LogP contribution is -2.48. The molecule has 2 fully saturated rings. The SMILES string of the molecule is Fc1ccc(Cc2ccc(N3CCN(CC4(c5ccccc5)CC4)CC3)cc2)cc1. The van der Waals surface area contributed by atoms with Gasteiger partial charge in [0.15, 0.2) is 0 Å². The molecule has 0 bridgehead atoms. The summed E-state index contributed by atoms with van der Waals surface area (Å²) in [5.74, 6) is -0.176. The third-order valence-electron chi connectivity index (χ3n) is 6.76. The van der Waals surface area contributed by atoms with Gasteiger partial charge < -0.3 is 4.90 Å². The van der Waals surface area contributed by atoms with E-state index >= 15 is 0 Å². The van der Waals surface area contributed by atoms with Crippen LogP contribution in [0.4, 0.5) is 10.1 Å². The number of hydrogen-bond acceptors (Lipinski definition) is 2. The highest BCUT2D eigenvalue weighted by Crippen LogP contribution is 2.48. The second kappa shape index (κ2) is 8.23. The van der Waals surface area contributed by atoms with Crippen molar-refractivity contribution in [3.8, 4) is 0 Å². The summed E-state index contributed by atoms with van der Waals surface area (Å²) in [5.41, 5.74) is 5.64. The summed E-state index contributed by atoms with van der Waals surface area (Å²) in [4.78, 5) is 5.15. The van der Waals surface area contributed by atoms with Gasteiger partial charge in [-0.3, -0.25) is 4.90 Å². The molecule has 1 saturated carbocycles. The number of halogens is 1. The Kier molecular flexibility index (Phi) is 5.30. The van der Waals surface area contributed by atoms with Crippen molar-refractivity contribution in [3.05, 3.63) is 101 Å². The van der Waals surface area contributed by atoms with Crippen molar-refractivity contribution in [1.82, 2.24) is 4.90 Å². The third-order valence-corrected chi connectivity index (χ3v) is 6.76. The van der Waals surface area contributed by atoms with Crippen LogP contribution in [-0.4, -0.2) is 37.6 Å². The Hall–Kier alpha value is -2.65. The number of hydrogen-bond donors (Lipinski definition) is 0. The topological polar surface area (TPSA) is 6.48 Å². The van der Waals surface area contributed by atoms with Gasteiger partial charge in [-0.1, -0.05) is 54.6 Å². The van der Waals surface area contributed by atoms with Crippen molar-refractivity contribution in [2.45, 2.75) is 24.7 Å². The summed E-state index contributed by atoms with van der Waals surface area (Å²) >= 11 is 0. The van der Waals surface area contributed by atoms with Crippen LogP contribution in [0, 0.1) is 5.82 Å². The average Bonchev–Trinajstić information content (AvgIpc) is 3.58. The molecule has 154 valence electrons. The molecule has 2 nitrogen and oxygen atoms in total. The molecule has 0 aromatic heterocycles. The Morgan fingerprint density at radius 1 is 0.700 bits per heavy atom. The molecule has 1 aliphatic carbocycles. The molecule has 2 aliphatic rings. The average molecular weight is 401 g/mol. The van der Waals surface area contributed by atoms with E-state index in [0.717, 1.165) is 38.2 Å². The number of benzene rings is 3. The number of anilines is 1. The third kappa shape index (κ3) is 4.27. The smallest absolute Gasteiger partial charge is 0.123 e. The minimum Gasteiger partial charge on any atom is -0.369 e. The fourth-order valence-corrected chi connectivity index (χ4v) is 4.74. The predicted octanol–water partition coefficient (Wildman–Crippen LogP) is 5.27. The van der Waals surface area contributed by atoms with Crippen LogP contribution in [0.15, 0.2) is 78.9 Å². The van der Waals surface area contributed by atoms with Gasteiger partial charge in [-0.2, -0.15) is 0 Å². The maximum atomic E-state index is 13.1. The highest BCUT2D eigenvalue weighted by Gasteiger charge is 2.45. The molecule has 1 heterocycles. The summed E-state index contributed by atoms with van der Waals surface area (Å²) in [5, 5.41) is 0. The van der Waals surface area contributed by atoms with Crippen LogP contribution in [0.2, 0.25) is 0 Å². The molecule has 1 aliphatic heterocycles. The quantitative estimate of drug-likeness (QED) is 0.556. The van der Waals surface area contributed by atoms with Crippen LogP contribution in [0.25, 0.3) is 0 Å². The van der Waals surface area contributed by atoms with Gasteiger partial charge in [0.05, 0.1) is 0 Å². The van der Waals surface area contributed by atoms with Gasteiger partial charge in [0.2, 0.25) is 0 Å². The van der Waals surface area contributed by atoms with Gasteiger partial charge in [0.1, 0.15) is 5.82 Å². The molecule has 0 radical (unpaired) electrons. The molecular formula is C27H29FN2. The molecule has 0 atom stereocenters. The van der Waals surface area contributed by atoms with Crippen LogP contribution >= 0.6 is 0 Å². The van der Waals surface area contributed by atoms with Gasteiger partial charge in [-0.25, -0.2) is 4.39 Å². The maximum Gasteiger partial charge on any atom is 0.123 e. The van der Waals surface area contributed by atoms with Crippen molar-refractivity contribution >= 4 is 5.69 Å². The van der Waals surface area contributed by atoms with Crippen molar-refractivity contribution < 1.29 is 4.39 Å². The highest BCUT2D eigenvalue weighted by atomic mass is 19.1. The van der Waals surface area contributed by atoms with E-state index < -0.39 is 0 Å². The second-order valence-corrected chi connectivity index (χ2v) is 8.88. The summed E-state index contributed by atoms with van der Waals surface area (Å²) in [6.45, 7) is 5.63. The van der Waals surface area contributed by atoms with E-state index in [4.69, 9.17) is 0 Å². The van der Waals surface area contributed by atoms with Gasteiger partial charge in [0, 0.05) is 43.8 Å². The zero-order chi connectivity index (χ0) is 20.4. The molecule has 3 aromatic rings. The van der Waals surface area contributed by atoms with Crippen LogP contribution in [0.3, 0.4) is 0 Å². The Labute approximate surface area is 179 Å². The fourth-order valence-electron chi connectivity index (χ4n) is 4.74. The molecule has 1 saturated heterocycles. The lowest BCUT2D eigenvalue weighted by molar-refractivity contribution is 0.235. The van der Waals surface area contributed by atoms with E-state index in [0.29, 0.717) is 5.41 Å². The molecule has 0 amide bonds. The van der Waals surface area contributed by atoms with E-state index in [-0.39, 0.29) is 5.82 Å². The zero-order valence-corrected chi connectivity index (χ0v) is 17.4. The predicted molar refractivity (Wildman–Crippen MR) is 122 cm³/mol. The summed E-state index contributed by atoms with van der Waals surface area (Å²) in [6.07, 6.45) is 3.50. The number of nitrogens with zero attached hydrogens (tertiary/aromatic N) is 2. The second-order valence-electron chi connectivity index (χ2n) is 8.88. The first-order valence-electron chi connectivity index (χ1n) is 11.1. The molecule has 5 rings (SSSR count). The van der Waals surface area contributed by atoms with Crippen molar-refractivity contribution in [2.75, 3.05) is 37.6 Å². The van der Waals surface area contributed by atoms with E-state index in [1.54, 1.807) is 0 Å². The van der Waals surface area contributed by atoms with E-state index in [1.807, 2.05) is 12.1 Å². The molecular weight excluding hydrogens is 371 g/mol. The lowest BCUT2D eigenvalue weighted by Gasteiger charge is -2.38. The van der Waals surface area contributed by atoms with Gasteiger partial charge >= 0.3 is 0 Å². The Balaban J connectivity index is 1.15. The fraction of sp³-hybridized carbons (Fsp3) is 0.333. The summed E-state index contributed by atoms with van der Waals surface area (Å²) in [6, 6.07) is 26.8. The van der Waals surface area contributed by atoms with E-state index in [1.165, 1.54) is 48.3 Å². The van der Waals surface area contributed by atoms with Crippen LogP contribution in [0.1, 0.15) is 29.5 Å². The minimum atomic E-state index is -0.176. The number of rotatable bonds is 6. The van der Waals surface area contributed by atoms with Gasteiger partial charge in [0.25, 0.3) is 0 Å². The number of piperazine rings is 1. The minimum absolute atomic E-state index is 0.176. The van der Waals surface area contributed by atoms with Crippen molar-refractivity contribution in [3.63, 3.8) is 0 Å². The molecule has 3 aromatic carbocycles. The largest absolute Gasteiger partial charge is 0.369 e. The summed E-state index contributed by atoms with van der Waals surface area (Å²) < 4.78 is 13.1.